The lowest BCUT2D eigenvalue weighted by molar-refractivity contribution is 0.0600. The lowest BCUT2D eigenvalue weighted by Gasteiger charge is -2.09. The Balaban J connectivity index is 1.48. The van der Waals surface area contributed by atoms with Crippen molar-refractivity contribution in [2.45, 2.75) is 6.61 Å². The van der Waals surface area contributed by atoms with Crippen LogP contribution >= 0.6 is 23.2 Å². The van der Waals surface area contributed by atoms with Gasteiger partial charge in [-0.1, -0.05) is 41.4 Å². The second kappa shape index (κ2) is 8.84. The number of hydrogen-bond acceptors (Lipinski definition) is 5. The summed E-state index contributed by atoms with van der Waals surface area (Å²) in [5.74, 6) is 0.508. The highest BCUT2D eigenvalue weighted by Crippen LogP contribution is 2.35. The first-order valence-electron chi connectivity index (χ1n) is 9.28. The highest BCUT2D eigenvalue weighted by molar-refractivity contribution is 6.35. The second-order valence-electron chi connectivity index (χ2n) is 6.74. The number of fused-ring (bicyclic) bond motifs is 1. The normalized spacial score (nSPS) is 13.6. The van der Waals surface area contributed by atoms with E-state index in [0.717, 1.165) is 11.1 Å². The summed E-state index contributed by atoms with van der Waals surface area (Å²) in [5.41, 5.74) is 2.39. The van der Waals surface area contributed by atoms with Crippen LogP contribution in [-0.2, 0) is 11.3 Å². The van der Waals surface area contributed by atoms with Crippen LogP contribution in [0.15, 0.2) is 66.4 Å². The number of allylic oxidation sites excluding steroid dienone is 1. The Morgan fingerprint density at radius 1 is 1.03 bits per heavy atom. The average molecular weight is 455 g/mol. The maximum Gasteiger partial charge on any atom is 0.337 e. The number of halogens is 2. The van der Waals surface area contributed by atoms with Gasteiger partial charge in [-0.15, -0.1) is 0 Å². The molecule has 0 saturated heterocycles. The summed E-state index contributed by atoms with van der Waals surface area (Å²) in [6.45, 7) is 0.248. The molecule has 0 atom stereocenters. The van der Waals surface area contributed by atoms with Crippen molar-refractivity contribution in [1.82, 2.24) is 0 Å². The molecule has 1 aliphatic heterocycles. The van der Waals surface area contributed by atoms with Gasteiger partial charge in [0.1, 0.15) is 18.1 Å². The molecule has 4 rings (SSSR count). The predicted octanol–water partition coefficient (Wildman–Crippen LogP) is 5.98. The molecular weight excluding hydrogens is 439 g/mol. The maximum absolute atomic E-state index is 12.7. The zero-order valence-corrected chi connectivity index (χ0v) is 17.9. The third kappa shape index (κ3) is 4.58. The standard InChI is InChI=1S/C24H16Cl2O5/c1-29-24(28)15-4-2-14(3-5-15)10-22-23(27)19-9-8-18(12-21(19)31-22)30-13-16-6-7-17(25)11-20(16)26/h2-12H,13H2,1H3. The lowest BCUT2D eigenvalue weighted by atomic mass is 10.1. The van der Waals surface area contributed by atoms with Crippen LogP contribution in [0.1, 0.15) is 31.8 Å². The van der Waals surface area contributed by atoms with E-state index in [1.54, 1.807) is 66.7 Å². The fraction of sp³-hybridized carbons (Fsp3) is 0.0833. The second-order valence-corrected chi connectivity index (χ2v) is 7.58. The zero-order chi connectivity index (χ0) is 22.0. The first-order valence-corrected chi connectivity index (χ1v) is 10.0. The molecule has 0 aromatic heterocycles. The molecule has 0 radical (unpaired) electrons. The highest BCUT2D eigenvalue weighted by Gasteiger charge is 2.27. The smallest absolute Gasteiger partial charge is 0.337 e. The molecule has 0 amide bonds. The first kappa shape index (κ1) is 21.0. The van der Waals surface area contributed by atoms with Crippen LogP contribution in [0.25, 0.3) is 6.08 Å². The fourth-order valence-electron chi connectivity index (χ4n) is 3.04. The maximum atomic E-state index is 12.7. The molecule has 1 heterocycles. The Morgan fingerprint density at radius 3 is 2.52 bits per heavy atom. The van der Waals surface area contributed by atoms with Crippen molar-refractivity contribution in [2.75, 3.05) is 7.11 Å². The van der Waals surface area contributed by atoms with Crippen molar-refractivity contribution in [3.05, 3.63) is 98.7 Å². The number of carbonyl (C=O) groups is 2. The molecule has 31 heavy (non-hydrogen) atoms. The van der Waals surface area contributed by atoms with Gasteiger partial charge < -0.3 is 14.2 Å². The van der Waals surface area contributed by atoms with Crippen LogP contribution < -0.4 is 9.47 Å². The molecule has 0 bridgehead atoms. The van der Waals surface area contributed by atoms with Crippen molar-refractivity contribution in [3.8, 4) is 11.5 Å². The third-order valence-electron chi connectivity index (χ3n) is 4.68. The van der Waals surface area contributed by atoms with Crippen LogP contribution in [0.5, 0.6) is 11.5 Å². The van der Waals surface area contributed by atoms with Gasteiger partial charge in [0.2, 0.25) is 5.78 Å². The van der Waals surface area contributed by atoms with E-state index in [1.807, 2.05) is 0 Å². The minimum Gasteiger partial charge on any atom is -0.489 e. The molecule has 0 unspecified atom stereocenters. The molecule has 7 heteroatoms. The van der Waals surface area contributed by atoms with E-state index in [-0.39, 0.29) is 18.1 Å². The minimum atomic E-state index is -0.424. The molecule has 0 fully saturated rings. The summed E-state index contributed by atoms with van der Waals surface area (Å²) in [6.07, 6.45) is 1.62. The van der Waals surface area contributed by atoms with E-state index in [1.165, 1.54) is 7.11 Å². The summed E-state index contributed by atoms with van der Waals surface area (Å²) in [4.78, 5) is 24.2. The van der Waals surface area contributed by atoms with Crippen LogP contribution in [-0.4, -0.2) is 18.9 Å². The molecule has 0 spiro atoms. The number of benzene rings is 3. The minimum absolute atomic E-state index is 0.193. The number of carbonyl (C=O) groups excluding carboxylic acids is 2. The van der Waals surface area contributed by atoms with E-state index < -0.39 is 5.97 Å². The van der Waals surface area contributed by atoms with Crippen molar-refractivity contribution in [1.29, 1.82) is 0 Å². The number of rotatable bonds is 5. The van der Waals surface area contributed by atoms with Gasteiger partial charge in [-0.05, 0) is 48.0 Å². The number of hydrogen-bond donors (Lipinski definition) is 0. The fourth-order valence-corrected chi connectivity index (χ4v) is 3.50. The summed E-state index contributed by atoms with van der Waals surface area (Å²) in [7, 11) is 1.32. The van der Waals surface area contributed by atoms with Crippen LogP contribution in [0.4, 0.5) is 0 Å². The highest BCUT2D eigenvalue weighted by atomic mass is 35.5. The van der Waals surface area contributed by atoms with E-state index in [9.17, 15) is 9.59 Å². The molecule has 5 nitrogen and oxygen atoms in total. The van der Waals surface area contributed by atoms with Crippen molar-refractivity contribution < 1.29 is 23.8 Å². The summed E-state index contributed by atoms with van der Waals surface area (Å²) < 4.78 is 16.2. The van der Waals surface area contributed by atoms with Gasteiger partial charge in [-0.2, -0.15) is 0 Å². The molecule has 0 saturated carbocycles. The Labute approximate surface area is 188 Å². The zero-order valence-electron chi connectivity index (χ0n) is 16.4. The Hall–Kier alpha value is -3.28. The van der Waals surface area contributed by atoms with Crippen molar-refractivity contribution in [2.24, 2.45) is 0 Å². The van der Waals surface area contributed by atoms with Gasteiger partial charge in [0.15, 0.2) is 5.76 Å². The summed E-state index contributed by atoms with van der Waals surface area (Å²) in [6, 6.07) is 16.9. The summed E-state index contributed by atoms with van der Waals surface area (Å²) in [5, 5.41) is 1.07. The molecule has 0 aliphatic carbocycles. The Kier molecular flexibility index (Phi) is 5.98. The number of ether oxygens (including phenoxy) is 3. The van der Waals surface area contributed by atoms with E-state index in [2.05, 4.69) is 4.74 Å². The Bertz CT molecular complexity index is 1200. The topological polar surface area (TPSA) is 61.8 Å². The monoisotopic (exact) mass is 454 g/mol. The van der Waals surface area contributed by atoms with Crippen molar-refractivity contribution in [3.63, 3.8) is 0 Å². The summed E-state index contributed by atoms with van der Waals surface area (Å²) >= 11 is 12.1. The van der Waals surface area contributed by atoms with Crippen LogP contribution in [0.3, 0.4) is 0 Å². The van der Waals surface area contributed by atoms with Gasteiger partial charge >= 0.3 is 5.97 Å². The molecule has 1 aliphatic rings. The quantitative estimate of drug-likeness (QED) is 0.350. The number of esters is 1. The number of Topliss-reactive ketones (excluding diaryl/α,β-unsaturated/α-hetero) is 1. The molecule has 156 valence electrons. The first-order chi connectivity index (χ1) is 14.9. The van der Waals surface area contributed by atoms with Gasteiger partial charge in [0.05, 0.1) is 18.2 Å². The lowest BCUT2D eigenvalue weighted by Crippen LogP contribution is -2.01. The average Bonchev–Trinajstić information content (AvgIpc) is 3.07. The molecule has 3 aromatic carbocycles. The van der Waals surface area contributed by atoms with Gasteiger partial charge in [-0.3, -0.25) is 4.79 Å². The molecule has 3 aromatic rings. The predicted molar refractivity (Wildman–Crippen MR) is 118 cm³/mol. The van der Waals surface area contributed by atoms with Crippen LogP contribution in [0.2, 0.25) is 10.0 Å². The third-order valence-corrected chi connectivity index (χ3v) is 5.27. The van der Waals surface area contributed by atoms with E-state index >= 15 is 0 Å². The largest absolute Gasteiger partial charge is 0.489 e. The Morgan fingerprint density at radius 2 is 1.81 bits per heavy atom. The van der Waals surface area contributed by atoms with Crippen LogP contribution in [0, 0.1) is 0 Å². The van der Waals surface area contributed by atoms with Gasteiger partial charge in [0, 0.05) is 21.7 Å². The van der Waals surface area contributed by atoms with Gasteiger partial charge in [0.25, 0.3) is 0 Å². The molecule has 0 N–H and O–H groups in total. The number of ketones is 1. The van der Waals surface area contributed by atoms with E-state index in [4.69, 9.17) is 32.7 Å². The number of methoxy groups -OCH3 is 1. The SMILES string of the molecule is COC(=O)c1ccc(C=C2Oc3cc(OCc4ccc(Cl)cc4Cl)ccc3C2=O)cc1. The van der Waals surface area contributed by atoms with E-state index in [0.29, 0.717) is 32.7 Å². The van der Waals surface area contributed by atoms with Crippen molar-refractivity contribution >= 4 is 41.0 Å². The molecular formula is C24H16Cl2O5. The van der Waals surface area contributed by atoms with Gasteiger partial charge in [-0.25, -0.2) is 4.79 Å².